The molecule has 1 aromatic carbocycles. The highest BCUT2D eigenvalue weighted by Crippen LogP contribution is 2.42. The summed E-state index contributed by atoms with van der Waals surface area (Å²) in [4.78, 5) is 11.9. The molecule has 0 bridgehead atoms. The van der Waals surface area contributed by atoms with Crippen molar-refractivity contribution in [3.05, 3.63) is 59.6 Å². The molecule has 0 spiro atoms. The molecule has 1 N–H and O–H groups in total. The summed E-state index contributed by atoms with van der Waals surface area (Å²) in [6.07, 6.45) is 6.29. The lowest BCUT2D eigenvalue weighted by Gasteiger charge is -2.27. The van der Waals surface area contributed by atoms with E-state index in [1.807, 2.05) is 18.3 Å². The Hall–Kier alpha value is -2.99. The van der Waals surface area contributed by atoms with Crippen LogP contribution >= 0.6 is 11.6 Å². The minimum absolute atomic E-state index is 0.363. The van der Waals surface area contributed by atoms with Crippen molar-refractivity contribution >= 4 is 28.3 Å². The van der Waals surface area contributed by atoms with E-state index in [0.29, 0.717) is 22.0 Å². The van der Waals surface area contributed by atoms with E-state index in [1.165, 1.54) is 25.0 Å². The van der Waals surface area contributed by atoms with Gasteiger partial charge in [0.25, 0.3) is 0 Å². The first-order valence-electron chi connectivity index (χ1n) is 10.2. The number of rotatable bonds is 3. The molecular weight excluding hydrogens is 401 g/mol. The lowest BCUT2D eigenvalue weighted by Crippen LogP contribution is -2.22. The monoisotopic (exact) mass is 419 g/mol. The fourth-order valence-electron chi connectivity index (χ4n) is 4.66. The van der Waals surface area contributed by atoms with Crippen LogP contribution in [0, 0.1) is 17.7 Å². The van der Waals surface area contributed by atoms with Crippen molar-refractivity contribution in [2.75, 3.05) is 18.0 Å². The van der Waals surface area contributed by atoms with Crippen LogP contribution in [0.2, 0.25) is 5.02 Å². The minimum atomic E-state index is -0.363. The third kappa shape index (κ3) is 2.86. The Morgan fingerprint density at radius 3 is 2.60 bits per heavy atom. The van der Waals surface area contributed by atoms with Gasteiger partial charge in [0.2, 0.25) is 0 Å². The Morgan fingerprint density at radius 1 is 0.967 bits per heavy atom. The van der Waals surface area contributed by atoms with Crippen molar-refractivity contribution in [1.82, 2.24) is 20.2 Å². The molecule has 1 saturated carbocycles. The van der Waals surface area contributed by atoms with Crippen LogP contribution in [0.25, 0.3) is 33.5 Å². The zero-order valence-electron chi connectivity index (χ0n) is 16.1. The number of H-pyrrole nitrogens is 1. The normalized spacial score (nSPS) is 20.4. The number of aromatic nitrogens is 4. The van der Waals surface area contributed by atoms with Crippen LogP contribution in [-0.4, -0.2) is 33.3 Å². The van der Waals surface area contributed by atoms with Gasteiger partial charge in [-0.05, 0) is 61.1 Å². The molecule has 2 fully saturated rings. The number of halogens is 2. The Balaban J connectivity index is 1.40. The molecule has 150 valence electrons. The number of aromatic amines is 1. The van der Waals surface area contributed by atoms with E-state index in [9.17, 15) is 4.39 Å². The molecule has 1 aliphatic heterocycles. The molecule has 6 rings (SSSR count). The van der Waals surface area contributed by atoms with Crippen LogP contribution in [0.15, 0.2) is 48.8 Å². The summed E-state index contributed by atoms with van der Waals surface area (Å²) < 4.78 is 14.4. The molecule has 1 aliphatic carbocycles. The molecule has 1 saturated heterocycles. The average molecular weight is 420 g/mol. The minimum Gasteiger partial charge on any atom is -0.370 e. The van der Waals surface area contributed by atoms with Gasteiger partial charge in [0.1, 0.15) is 5.82 Å². The van der Waals surface area contributed by atoms with E-state index in [4.69, 9.17) is 16.6 Å². The van der Waals surface area contributed by atoms with E-state index >= 15 is 0 Å². The molecule has 5 nitrogen and oxygen atoms in total. The van der Waals surface area contributed by atoms with E-state index in [1.54, 1.807) is 12.3 Å². The molecule has 3 aromatic heterocycles. The van der Waals surface area contributed by atoms with Crippen molar-refractivity contribution in [2.45, 2.75) is 12.8 Å². The third-order valence-electron chi connectivity index (χ3n) is 6.49. The summed E-state index contributed by atoms with van der Waals surface area (Å²) in [7, 11) is 0. The second kappa shape index (κ2) is 6.77. The van der Waals surface area contributed by atoms with Crippen molar-refractivity contribution in [3.8, 4) is 22.5 Å². The fraction of sp³-hybridized carbons (Fsp3) is 0.261. The molecule has 0 amide bonds. The van der Waals surface area contributed by atoms with Gasteiger partial charge in [-0.15, -0.1) is 0 Å². The van der Waals surface area contributed by atoms with Gasteiger partial charge >= 0.3 is 0 Å². The molecule has 2 atom stereocenters. The number of hydrogen-bond donors (Lipinski definition) is 1. The van der Waals surface area contributed by atoms with Crippen LogP contribution < -0.4 is 4.90 Å². The van der Waals surface area contributed by atoms with Crippen LogP contribution in [-0.2, 0) is 0 Å². The lowest BCUT2D eigenvalue weighted by molar-refractivity contribution is 0.243. The second-order valence-corrected chi connectivity index (χ2v) is 8.65. The highest BCUT2D eigenvalue weighted by molar-refractivity contribution is 6.30. The van der Waals surface area contributed by atoms with Gasteiger partial charge in [-0.2, -0.15) is 5.10 Å². The third-order valence-corrected chi connectivity index (χ3v) is 6.72. The first kappa shape index (κ1) is 17.8. The number of fused-ring (bicyclic) bond motifs is 2. The Morgan fingerprint density at radius 2 is 1.80 bits per heavy atom. The van der Waals surface area contributed by atoms with E-state index in [-0.39, 0.29) is 5.82 Å². The largest absolute Gasteiger partial charge is 0.370 e. The number of benzene rings is 1. The second-order valence-electron chi connectivity index (χ2n) is 8.21. The van der Waals surface area contributed by atoms with Crippen LogP contribution in [0.1, 0.15) is 12.8 Å². The molecule has 4 heterocycles. The Bertz CT molecular complexity index is 1260. The molecule has 0 radical (unpaired) electrons. The summed E-state index contributed by atoms with van der Waals surface area (Å²) in [6.45, 7) is 2.22. The number of nitrogens with zero attached hydrogens (tertiary/aromatic N) is 4. The molecule has 4 aromatic rings. The maximum Gasteiger partial charge on any atom is 0.132 e. The van der Waals surface area contributed by atoms with Crippen molar-refractivity contribution in [2.24, 2.45) is 11.8 Å². The van der Waals surface area contributed by atoms with E-state index in [2.05, 4.69) is 26.1 Å². The van der Waals surface area contributed by atoms with Crippen molar-refractivity contribution in [3.63, 3.8) is 0 Å². The maximum absolute atomic E-state index is 14.4. The van der Waals surface area contributed by atoms with Crippen LogP contribution in [0.3, 0.4) is 0 Å². The van der Waals surface area contributed by atoms with Gasteiger partial charge in [-0.1, -0.05) is 11.6 Å². The van der Waals surface area contributed by atoms with Gasteiger partial charge in [0.15, 0.2) is 0 Å². The first-order chi connectivity index (χ1) is 14.7. The quantitative estimate of drug-likeness (QED) is 0.488. The van der Waals surface area contributed by atoms with E-state index in [0.717, 1.165) is 47.2 Å². The number of hydrogen-bond acceptors (Lipinski definition) is 4. The highest BCUT2D eigenvalue weighted by atomic mass is 35.5. The van der Waals surface area contributed by atoms with Crippen molar-refractivity contribution in [1.29, 1.82) is 0 Å². The standard InChI is InChI=1S/C23H19ClFN5/c24-15-3-4-19(25)17(7-15)23-18(10-27-29-23)20-5-6-21-22(28-20)8-16(9-26-21)30-11-13-1-2-14(13)12-30/h3-10,13-14H,1-2,11-12H2,(H,27,29). The van der Waals surface area contributed by atoms with Gasteiger partial charge in [-0.25, -0.2) is 9.37 Å². The SMILES string of the molecule is Fc1ccc(Cl)cc1-c1[nH]ncc1-c1ccc2ncc(N3CC4CCC4C3)cc2n1. The Labute approximate surface area is 177 Å². The summed E-state index contributed by atoms with van der Waals surface area (Å²) >= 11 is 6.09. The lowest BCUT2D eigenvalue weighted by atomic mass is 9.77. The number of nitrogens with one attached hydrogen (secondary N) is 1. The van der Waals surface area contributed by atoms with Gasteiger partial charge < -0.3 is 4.90 Å². The Kier molecular flexibility index (Phi) is 4.03. The summed E-state index contributed by atoms with van der Waals surface area (Å²) in [5.41, 5.74) is 5.15. The molecule has 2 unspecified atom stereocenters. The molecule has 2 aliphatic rings. The zero-order chi connectivity index (χ0) is 20.2. The highest BCUT2D eigenvalue weighted by Gasteiger charge is 2.39. The van der Waals surface area contributed by atoms with Crippen LogP contribution in [0.5, 0.6) is 0 Å². The zero-order valence-corrected chi connectivity index (χ0v) is 16.9. The predicted molar refractivity (Wildman–Crippen MR) is 116 cm³/mol. The van der Waals surface area contributed by atoms with Crippen molar-refractivity contribution < 1.29 is 4.39 Å². The topological polar surface area (TPSA) is 57.7 Å². The summed E-state index contributed by atoms with van der Waals surface area (Å²) in [5.74, 6) is 1.31. The number of anilines is 1. The van der Waals surface area contributed by atoms with Gasteiger partial charge in [0, 0.05) is 29.2 Å². The summed E-state index contributed by atoms with van der Waals surface area (Å²) in [5, 5.41) is 7.49. The van der Waals surface area contributed by atoms with Gasteiger partial charge in [-0.3, -0.25) is 10.1 Å². The van der Waals surface area contributed by atoms with E-state index < -0.39 is 0 Å². The average Bonchev–Trinajstić information content (AvgIpc) is 3.34. The molecular formula is C23H19ClFN5. The molecule has 30 heavy (non-hydrogen) atoms. The smallest absolute Gasteiger partial charge is 0.132 e. The maximum atomic E-state index is 14.4. The predicted octanol–water partition coefficient (Wildman–Crippen LogP) is 5.33. The number of pyridine rings is 2. The first-order valence-corrected chi connectivity index (χ1v) is 10.5. The van der Waals surface area contributed by atoms with Crippen LogP contribution in [0.4, 0.5) is 10.1 Å². The summed E-state index contributed by atoms with van der Waals surface area (Å²) in [6, 6.07) is 10.4. The van der Waals surface area contributed by atoms with Gasteiger partial charge in [0.05, 0.1) is 40.5 Å². The molecule has 7 heteroatoms. The fourth-order valence-corrected chi connectivity index (χ4v) is 4.84.